The Balaban J connectivity index is 1.81. The molecule has 2 unspecified atom stereocenters. The minimum Gasteiger partial charge on any atom is -0.393 e. The van der Waals surface area contributed by atoms with Crippen molar-refractivity contribution in [3.63, 3.8) is 0 Å². The van der Waals surface area contributed by atoms with Crippen LogP contribution in [0.1, 0.15) is 23.7 Å². The average molecular weight is 311 g/mol. The summed E-state index contributed by atoms with van der Waals surface area (Å²) in [5.74, 6) is -0.298. The second kappa shape index (κ2) is 6.91. The van der Waals surface area contributed by atoms with E-state index in [-0.39, 0.29) is 24.3 Å². The summed E-state index contributed by atoms with van der Waals surface area (Å²) in [6.07, 6.45) is 0.389. The number of halogens is 1. The largest absolute Gasteiger partial charge is 0.393 e. The summed E-state index contributed by atoms with van der Waals surface area (Å²) >= 11 is 5.76. The summed E-state index contributed by atoms with van der Waals surface area (Å²) in [5.41, 5.74) is 0.468. The van der Waals surface area contributed by atoms with E-state index >= 15 is 0 Å². The quantitative estimate of drug-likeness (QED) is 0.880. The third-order valence-electron chi connectivity index (χ3n) is 3.77. The van der Waals surface area contributed by atoms with E-state index in [4.69, 9.17) is 11.6 Å². The third-order valence-corrected chi connectivity index (χ3v) is 4.02. The van der Waals surface area contributed by atoms with E-state index in [1.165, 1.54) is 0 Å². The number of benzene rings is 1. The summed E-state index contributed by atoms with van der Waals surface area (Å²) in [6.45, 7) is 2.88. The van der Waals surface area contributed by atoms with Gasteiger partial charge in [-0.15, -0.1) is 0 Å². The fourth-order valence-electron chi connectivity index (χ4n) is 2.38. The molecule has 114 valence electrons. The highest BCUT2D eigenvalue weighted by Gasteiger charge is 2.28. The molecule has 1 saturated heterocycles. The predicted molar refractivity (Wildman–Crippen MR) is 80.2 cm³/mol. The number of carbonyl (C=O) groups excluding carboxylic acids is 2. The van der Waals surface area contributed by atoms with Crippen LogP contribution in [0.25, 0.3) is 0 Å². The molecular formula is C15H19ClN2O3. The molecule has 1 heterocycles. The molecule has 0 aromatic heterocycles. The molecule has 6 heteroatoms. The summed E-state index contributed by atoms with van der Waals surface area (Å²) in [5, 5.41) is 12.7. The van der Waals surface area contributed by atoms with Crippen LogP contribution in [0.5, 0.6) is 0 Å². The summed E-state index contributed by atoms with van der Waals surface area (Å²) < 4.78 is 0. The number of nitrogens with one attached hydrogen (secondary N) is 1. The Morgan fingerprint density at radius 2 is 2.10 bits per heavy atom. The first kappa shape index (κ1) is 15.8. The predicted octanol–water partition coefficient (Wildman–Crippen LogP) is 1.30. The van der Waals surface area contributed by atoms with Crippen molar-refractivity contribution in [2.45, 2.75) is 19.4 Å². The Morgan fingerprint density at radius 3 is 2.67 bits per heavy atom. The Morgan fingerprint density at radius 1 is 1.43 bits per heavy atom. The average Bonchev–Trinajstić information content (AvgIpc) is 2.95. The number of likely N-dealkylation sites (tertiary alicyclic amines) is 1. The van der Waals surface area contributed by atoms with Gasteiger partial charge in [-0.05, 0) is 37.6 Å². The molecule has 1 fully saturated rings. The SMILES string of the molecule is CC(O)C1CCN(C(=O)CNC(=O)c2ccc(Cl)cc2)C1. The van der Waals surface area contributed by atoms with Gasteiger partial charge < -0.3 is 15.3 Å². The molecule has 1 aromatic rings. The number of aliphatic hydroxyl groups is 1. The van der Waals surface area contributed by atoms with Gasteiger partial charge in [0.1, 0.15) is 0 Å². The molecule has 0 spiro atoms. The van der Waals surface area contributed by atoms with Crippen molar-refractivity contribution >= 4 is 23.4 Å². The second-order valence-corrected chi connectivity index (χ2v) is 5.76. The number of rotatable bonds is 4. The van der Waals surface area contributed by atoms with E-state index in [1.54, 1.807) is 36.1 Å². The minimum absolute atomic E-state index is 0.0337. The van der Waals surface area contributed by atoms with Crippen LogP contribution in [-0.4, -0.2) is 47.6 Å². The van der Waals surface area contributed by atoms with Crippen molar-refractivity contribution in [1.29, 1.82) is 0 Å². The standard InChI is InChI=1S/C15H19ClN2O3/c1-10(19)12-6-7-18(9-12)14(20)8-17-15(21)11-2-4-13(16)5-3-11/h2-5,10,12,19H,6-9H2,1H3,(H,17,21). The summed E-state index contributed by atoms with van der Waals surface area (Å²) in [4.78, 5) is 25.6. The van der Waals surface area contributed by atoms with Crippen LogP contribution in [0.4, 0.5) is 0 Å². The van der Waals surface area contributed by atoms with Gasteiger partial charge >= 0.3 is 0 Å². The van der Waals surface area contributed by atoms with Crippen molar-refractivity contribution in [3.8, 4) is 0 Å². The van der Waals surface area contributed by atoms with Gasteiger partial charge in [0.2, 0.25) is 5.91 Å². The van der Waals surface area contributed by atoms with Crippen molar-refractivity contribution in [2.24, 2.45) is 5.92 Å². The first-order chi connectivity index (χ1) is 9.97. The highest BCUT2D eigenvalue weighted by molar-refractivity contribution is 6.30. The van der Waals surface area contributed by atoms with Crippen LogP contribution in [0.3, 0.4) is 0 Å². The maximum atomic E-state index is 12.0. The third kappa shape index (κ3) is 4.19. The topological polar surface area (TPSA) is 69.6 Å². The van der Waals surface area contributed by atoms with E-state index in [1.807, 2.05) is 0 Å². The summed E-state index contributed by atoms with van der Waals surface area (Å²) in [7, 11) is 0. The lowest BCUT2D eigenvalue weighted by molar-refractivity contribution is -0.129. The molecule has 0 radical (unpaired) electrons. The molecule has 2 rings (SSSR count). The Labute approximate surface area is 128 Å². The highest BCUT2D eigenvalue weighted by atomic mass is 35.5. The molecular weight excluding hydrogens is 292 g/mol. The fourth-order valence-corrected chi connectivity index (χ4v) is 2.50. The Bertz CT molecular complexity index is 516. The lowest BCUT2D eigenvalue weighted by Crippen LogP contribution is -2.39. The fraction of sp³-hybridized carbons (Fsp3) is 0.467. The highest BCUT2D eigenvalue weighted by Crippen LogP contribution is 2.19. The van der Waals surface area contributed by atoms with Crippen LogP contribution in [0, 0.1) is 5.92 Å². The van der Waals surface area contributed by atoms with Gasteiger partial charge in [-0.3, -0.25) is 9.59 Å². The number of amides is 2. The van der Waals surface area contributed by atoms with Gasteiger partial charge in [-0.2, -0.15) is 0 Å². The Kier molecular flexibility index (Phi) is 5.20. The maximum absolute atomic E-state index is 12.0. The van der Waals surface area contributed by atoms with Crippen LogP contribution in [0.15, 0.2) is 24.3 Å². The number of hydrogen-bond donors (Lipinski definition) is 2. The lowest BCUT2D eigenvalue weighted by atomic mass is 10.0. The zero-order valence-electron chi connectivity index (χ0n) is 11.9. The molecule has 1 aromatic carbocycles. The van der Waals surface area contributed by atoms with E-state index in [0.29, 0.717) is 23.7 Å². The van der Waals surface area contributed by atoms with Crippen LogP contribution >= 0.6 is 11.6 Å². The molecule has 21 heavy (non-hydrogen) atoms. The first-order valence-electron chi connectivity index (χ1n) is 6.97. The van der Waals surface area contributed by atoms with E-state index in [9.17, 15) is 14.7 Å². The number of hydrogen-bond acceptors (Lipinski definition) is 3. The molecule has 0 saturated carbocycles. The van der Waals surface area contributed by atoms with Crippen molar-refractivity contribution in [1.82, 2.24) is 10.2 Å². The molecule has 5 nitrogen and oxygen atoms in total. The zero-order chi connectivity index (χ0) is 15.4. The smallest absolute Gasteiger partial charge is 0.251 e. The molecule has 2 atom stereocenters. The number of carbonyl (C=O) groups is 2. The molecule has 2 amide bonds. The molecule has 1 aliphatic rings. The van der Waals surface area contributed by atoms with Gasteiger partial charge in [0.05, 0.1) is 12.6 Å². The van der Waals surface area contributed by atoms with E-state index in [0.717, 1.165) is 6.42 Å². The molecule has 2 N–H and O–H groups in total. The molecule has 0 aliphatic carbocycles. The second-order valence-electron chi connectivity index (χ2n) is 5.32. The van der Waals surface area contributed by atoms with Gasteiger partial charge in [0, 0.05) is 29.6 Å². The van der Waals surface area contributed by atoms with Gasteiger partial charge in [0.25, 0.3) is 5.91 Å². The number of nitrogens with zero attached hydrogens (tertiary/aromatic N) is 1. The number of aliphatic hydroxyl groups excluding tert-OH is 1. The van der Waals surface area contributed by atoms with Gasteiger partial charge in [-0.25, -0.2) is 0 Å². The monoisotopic (exact) mass is 310 g/mol. The zero-order valence-corrected chi connectivity index (χ0v) is 12.6. The van der Waals surface area contributed by atoms with Gasteiger partial charge in [0.15, 0.2) is 0 Å². The minimum atomic E-state index is -0.411. The van der Waals surface area contributed by atoms with Crippen molar-refractivity contribution < 1.29 is 14.7 Å². The normalized spacial score (nSPS) is 19.4. The van der Waals surface area contributed by atoms with E-state index < -0.39 is 6.10 Å². The maximum Gasteiger partial charge on any atom is 0.251 e. The van der Waals surface area contributed by atoms with Gasteiger partial charge in [-0.1, -0.05) is 11.6 Å². The van der Waals surface area contributed by atoms with Crippen molar-refractivity contribution in [3.05, 3.63) is 34.9 Å². The molecule has 0 bridgehead atoms. The van der Waals surface area contributed by atoms with Crippen LogP contribution < -0.4 is 5.32 Å². The van der Waals surface area contributed by atoms with E-state index in [2.05, 4.69) is 5.32 Å². The first-order valence-corrected chi connectivity index (χ1v) is 7.35. The van der Waals surface area contributed by atoms with Crippen LogP contribution in [-0.2, 0) is 4.79 Å². The van der Waals surface area contributed by atoms with Crippen molar-refractivity contribution in [2.75, 3.05) is 19.6 Å². The Hall–Kier alpha value is -1.59. The van der Waals surface area contributed by atoms with Crippen LogP contribution in [0.2, 0.25) is 5.02 Å². The lowest BCUT2D eigenvalue weighted by Gasteiger charge is -2.18. The summed E-state index contributed by atoms with van der Waals surface area (Å²) in [6, 6.07) is 6.49. The molecule has 1 aliphatic heterocycles.